The summed E-state index contributed by atoms with van der Waals surface area (Å²) in [6, 6.07) is 0. The molecule has 2 aliphatic carbocycles. The number of allylic oxidation sites excluding steroid dienone is 2. The molecule has 1 aromatic rings. The van der Waals surface area contributed by atoms with Gasteiger partial charge in [-0.05, 0) is 24.7 Å². The molecule has 4 atom stereocenters. The summed E-state index contributed by atoms with van der Waals surface area (Å²) < 4.78 is 1.95. The second-order valence-corrected chi connectivity index (χ2v) is 5.78. The molecule has 2 bridgehead atoms. The summed E-state index contributed by atoms with van der Waals surface area (Å²) in [7, 11) is 0. The number of nitrogens with zero attached hydrogens (tertiary/aromatic N) is 2. The molecule has 0 radical (unpaired) electrons. The molecule has 1 fully saturated rings. The van der Waals surface area contributed by atoms with E-state index in [1.165, 1.54) is 0 Å². The van der Waals surface area contributed by atoms with Crippen LogP contribution in [-0.2, 0) is 16.1 Å². The Morgan fingerprint density at radius 2 is 2.05 bits per heavy atom. The number of carbonyl (C=O) groups is 2. The van der Waals surface area contributed by atoms with Gasteiger partial charge in [0.2, 0.25) is 5.91 Å². The summed E-state index contributed by atoms with van der Waals surface area (Å²) >= 11 is 0. The summed E-state index contributed by atoms with van der Waals surface area (Å²) in [4.78, 5) is 27.6. The van der Waals surface area contributed by atoms with Crippen LogP contribution in [0.15, 0.2) is 30.9 Å². The first-order valence-electron chi connectivity index (χ1n) is 7.31. The van der Waals surface area contributed by atoms with Crippen LogP contribution < -0.4 is 5.32 Å². The van der Waals surface area contributed by atoms with Crippen LogP contribution in [0, 0.1) is 23.7 Å². The molecule has 1 heterocycles. The van der Waals surface area contributed by atoms with E-state index < -0.39 is 17.8 Å². The number of imidazole rings is 1. The van der Waals surface area contributed by atoms with Crippen LogP contribution in [0.1, 0.15) is 12.8 Å². The Morgan fingerprint density at radius 1 is 1.29 bits per heavy atom. The molecule has 0 aliphatic heterocycles. The molecular weight excluding hydrogens is 270 g/mol. The van der Waals surface area contributed by atoms with Crippen LogP contribution in [0.3, 0.4) is 0 Å². The van der Waals surface area contributed by atoms with Crippen molar-refractivity contribution in [3.8, 4) is 0 Å². The van der Waals surface area contributed by atoms with Crippen LogP contribution >= 0.6 is 0 Å². The molecule has 1 amide bonds. The van der Waals surface area contributed by atoms with Gasteiger partial charge in [-0.2, -0.15) is 0 Å². The fourth-order valence-corrected chi connectivity index (χ4v) is 3.53. The van der Waals surface area contributed by atoms with Gasteiger partial charge in [0.1, 0.15) is 0 Å². The van der Waals surface area contributed by atoms with Crippen molar-refractivity contribution in [2.45, 2.75) is 19.4 Å². The fourth-order valence-electron chi connectivity index (χ4n) is 3.53. The van der Waals surface area contributed by atoms with Gasteiger partial charge in [0.25, 0.3) is 0 Å². The van der Waals surface area contributed by atoms with Crippen LogP contribution in [0.5, 0.6) is 0 Å². The molecule has 21 heavy (non-hydrogen) atoms. The number of amides is 1. The third kappa shape index (κ3) is 2.70. The standard InChI is InChI=1S/C15H19N3O3/c19-14(17-4-1-6-18-7-5-16-9-18)12-10-2-3-11(8-10)13(12)15(20)21/h2-3,5,7,9-13H,1,4,6,8H2,(H,17,19)(H,20,21)/t10-,11+,12-,13-/m0/s1. The molecule has 0 aromatic carbocycles. The van der Waals surface area contributed by atoms with E-state index in [0.29, 0.717) is 6.54 Å². The molecule has 6 nitrogen and oxygen atoms in total. The number of hydrogen-bond acceptors (Lipinski definition) is 3. The number of aliphatic carboxylic acids is 1. The summed E-state index contributed by atoms with van der Waals surface area (Å²) in [6.45, 7) is 1.35. The highest BCUT2D eigenvalue weighted by Gasteiger charge is 2.51. The van der Waals surface area contributed by atoms with Crippen LogP contribution in [0.2, 0.25) is 0 Å². The Labute approximate surface area is 122 Å². The largest absolute Gasteiger partial charge is 0.481 e. The number of carboxylic acid groups (broad SMARTS) is 1. The zero-order valence-electron chi connectivity index (χ0n) is 11.7. The molecule has 3 rings (SSSR count). The fraction of sp³-hybridized carbons (Fsp3) is 0.533. The van der Waals surface area contributed by atoms with E-state index in [9.17, 15) is 14.7 Å². The highest BCUT2D eigenvalue weighted by molar-refractivity contribution is 5.86. The van der Waals surface area contributed by atoms with Gasteiger partial charge in [0, 0.05) is 25.5 Å². The first-order chi connectivity index (χ1) is 10.2. The quantitative estimate of drug-likeness (QED) is 0.602. The average Bonchev–Trinajstić information content (AvgIpc) is 3.18. The minimum Gasteiger partial charge on any atom is -0.481 e. The number of rotatable bonds is 6. The lowest BCUT2D eigenvalue weighted by Crippen LogP contribution is -2.40. The van der Waals surface area contributed by atoms with Crippen molar-refractivity contribution in [1.82, 2.24) is 14.9 Å². The molecular formula is C15H19N3O3. The minimum atomic E-state index is -0.856. The van der Waals surface area contributed by atoms with Crippen LogP contribution in [-0.4, -0.2) is 33.1 Å². The van der Waals surface area contributed by atoms with Gasteiger partial charge >= 0.3 is 5.97 Å². The Hall–Kier alpha value is -2.11. The topological polar surface area (TPSA) is 84.2 Å². The molecule has 0 unspecified atom stereocenters. The lowest BCUT2D eigenvalue weighted by atomic mass is 9.82. The Morgan fingerprint density at radius 3 is 2.71 bits per heavy atom. The molecule has 1 aromatic heterocycles. The summed E-state index contributed by atoms with van der Waals surface area (Å²) in [5.41, 5.74) is 0. The summed E-state index contributed by atoms with van der Waals surface area (Å²) in [5, 5.41) is 12.2. The lowest BCUT2D eigenvalue weighted by molar-refractivity contribution is -0.147. The van der Waals surface area contributed by atoms with E-state index in [0.717, 1.165) is 19.4 Å². The maximum Gasteiger partial charge on any atom is 0.307 e. The highest BCUT2D eigenvalue weighted by Crippen LogP contribution is 2.48. The Kier molecular flexibility index (Phi) is 3.77. The van der Waals surface area contributed by atoms with Gasteiger partial charge in [-0.1, -0.05) is 12.2 Å². The molecule has 2 N–H and O–H groups in total. The number of carbonyl (C=O) groups excluding carboxylic acids is 1. The van der Waals surface area contributed by atoms with Crippen molar-refractivity contribution in [1.29, 1.82) is 0 Å². The number of aryl methyl sites for hydroxylation is 1. The van der Waals surface area contributed by atoms with E-state index in [-0.39, 0.29) is 17.7 Å². The second-order valence-electron chi connectivity index (χ2n) is 5.78. The summed E-state index contributed by atoms with van der Waals surface area (Å²) in [6.07, 6.45) is 10.9. The minimum absolute atomic E-state index is 0.0224. The number of aromatic nitrogens is 2. The maximum atomic E-state index is 12.3. The van der Waals surface area contributed by atoms with Gasteiger partial charge in [-0.25, -0.2) is 4.98 Å². The number of fused-ring (bicyclic) bond motifs is 2. The van der Waals surface area contributed by atoms with Crippen molar-refractivity contribution in [2.24, 2.45) is 23.7 Å². The SMILES string of the molecule is O=C(O)[C@@H]1[C@@H](C(=O)NCCCn2ccnc2)[C@H]2C=C[C@@H]1C2. The van der Waals surface area contributed by atoms with Gasteiger partial charge in [-0.3, -0.25) is 9.59 Å². The van der Waals surface area contributed by atoms with E-state index in [1.54, 1.807) is 12.5 Å². The Bertz CT molecular complexity index is 553. The van der Waals surface area contributed by atoms with E-state index in [2.05, 4.69) is 10.3 Å². The molecule has 2 aliphatic rings. The lowest BCUT2D eigenvalue weighted by Gasteiger charge is -2.23. The third-order valence-electron chi connectivity index (χ3n) is 4.50. The molecule has 6 heteroatoms. The van der Waals surface area contributed by atoms with Crippen molar-refractivity contribution < 1.29 is 14.7 Å². The van der Waals surface area contributed by atoms with Gasteiger partial charge in [0.05, 0.1) is 18.2 Å². The Balaban J connectivity index is 1.51. The second kappa shape index (κ2) is 5.71. The van der Waals surface area contributed by atoms with E-state index in [1.807, 2.05) is 22.9 Å². The number of hydrogen-bond donors (Lipinski definition) is 2. The normalized spacial score (nSPS) is 29.7. The van der Waals surface area contributed by atoms with Crippen molar-refractivity contribution >= 4 is 11.9 Å². The predicted octanol–water partition coefficient (Wildman–Crippen LogP) is 0.912. The van der Waals surface area contributed by atoms with Gasteiger partial charge < -0.3 is 15.0 Å². The van der Waals surface area contributed by atoms with Crippen LogP contribution in [0.4, 0.5) is 0 Å². The highest BCUT2D eigenvalue weighted by atomic mass is 16.4. The third-order valence-corrected chi connectivity index (χ3v) is 4.50. The number of nitrogens with one attached hydrogen (secondary N) is 1. The average molecular weight is 289 g/mol. The zero-order chi connectivity index (χ0) is 14.8. The van der Waals surface area contributed by atoms with E-state index >= 15 is 0 Å². The monoisotopic (exact) mass is 289 g/mol. The summed E-state index contributed by atoms with van der Waals surface area (Å²) in [5.74, 6) is -1.84. The van der Waals surface area contributed by atoms with Gasteiger partial charge in [-0.15, -0.1) is 0 Å². The molecule has 0 saturated heterocycles. The smallest absolute Gasteiger partial charge is 0.307 e. The van der Waals surface area contributed by atoms with Gasteiger partial charge in [0.15, 0.2) is 0 Å². The maximum absolute atomic E-state index is 12.3. The molecule has 1 saturated carbocycles. The first kappa shape index (κ1) is 13.9. The first-order valence-corrected chi connectivity index (χ1v) is 7.31. The van der Waals surface area contributed by atoms with Crippen molar-refractivity contribution in [2.75, 3.05) is 6.54 Å². The molecule has 112 valence electrons. The zero-order valence-corrected chi connectivity index (χ0v) is 11.7. The predicted molar refractivity (Wildman–Crippen MR) is 75.2 cm³/mol. The molecule has 0 spiro atoms. The van der Waals surface area contributed by atoms with E-state index in [4.69, 9.17) is 0 Å². The van der Waals surface area contributed by atoms with Crippen molar-refractivity contribution in [3.63, 3.8) is 0 Å². The number of carboxylic acids is 1. The van der Waals surface area contributed by atoms with Crippen LogP contribution in [0.25, 0.3) is 0 Å². The van der Waals surface area contributed by atoms with Crippen molar-refractivity contribution in [3.05, 3.63) is 30.9 Å².